The largest absolute Gasteiger partial charge is 0.395 e. The molecule has 1 heterocycles. The van der Waals surface area contributed by atoms with Gasteiger partial charge in [0, 0.05) is 24.5 Å². The molecule has 1 atom stereocenters. The van der Waals surface area contributed by atoms with Gasteiger partial charge in [-0.1, -0.05) is 30.3 Å². The molecule has 112 valence electrons. The van der Waals surface area contributed by atoms with E-state index in [2.05, 4.69) is 9.71 Å². The SMILES string of the molecule is O=c1cc[nH]cc1S(=O)(=O)N[C@@H](CO)Cc1ccccc1. The summed E-state index contributed by atoms with van der Waals surface area (Å²) in [5.41, 5.74) is 0.291. The van der Waals surface area contributed by atoms with Crippen LogP contribution in [0, 0.1) is 0 Å². The number of rotatable bonds is 6. The van der Waals surface area contributed by atoms with Crippen molar-refractivity contribution in [3.63, 3.8) is 0 Å². The van der Waals surface area contributed by atoms with Crippen LogP contribution in [0.15, 0.2) is 58.5 Å². The smallest absolute Gasteiger partial charge is 0.246 e. The Morgan fingerprint density at radius 3 is 2.52 bits per heavy atom. The van der Waals surface area contributed by atoms with Crippen LogP contribution < -0.4 is 10.2 Å². The van der Waals surface area contributed by atoms with Crippen molar-refractivity contribution in [2.45, 2.75) is 17.4 Å². The van der Waals surface area contributed by atoms with Gasteiger partial charge in [-0.3, -0.25) is 4.79 Å². The van der Waals surface area contributed by atoms with E-state index >= 15 is 0 Å². The van der Waals surface area contributed by atoms with Crippen molar-refractivity contribution >= 4 is 10.0 Å². The highest BCUT2D eigenvalue weighted by molar-refractivity contribution is 7.89. The molecule has 1 aromatic heterocycles. The Bertz CT molecular complexity index is 741. The molecule has 2 aromatic rings. The van der Waals surface area contributed by atoms with Crippen LogP contribution in [0.4, 0.5) is 0 Å². The maximum Gasteiger partial charge on any atom is 0.246 e. The Morgan fingerprint density at radius 1 is 1.19 bits per heavy atom. The number of aromatic amines is 1. The van der Waals surface area contributed by atoms with Crippen molar-refractivity contribution in [2.75, 3.05) is 6.61 Å². The minimum absolute atomic E-state index is 0.335. The molecule has 0 aliphatic rings. The van der Waals surface area contributed by atoms with Crippen LogP contribution in [0.2, 0.25) is 0 Å². The molecule has 0 unspecified atom stereocenters. The molecule has 0 amide bonds. The maximum atomic E-state index is 12.2. The summed E-state index contributed by atoms with van der Waals surface area (Å²) in [6.07, 6.45) is 2.82. The van der Waals surface area contributed by atoms with Gasteiger partial charge in [-0.25, -0.2) is 13.1 Å². The zero-order valence-electron chi connectivity index (χ0n) is 11.2. The molecule has 6 nitrogen and oxygen atoms in total. The fourth-order valence-corrected chi connectivity index (χ4v) is 3.22. The molecule has 0 saturated carbocycles. The van der Waals surface area contributed by atoms with Crippen LogP contribution in [0.25, 0.3) is 0 Å². The number of hydrogen-bond donors (Lipinski definition) is 3. The first kappa shape index (κ1) is 15.4. The Kier molecular flexibility index (Phi) is 4.89. The lowest BCUT2D eigenvalue weighted by Crippen LogP contribution is -2.40. The van der Waals surface area contributed by atoms with Crippen molar-refractivity contribution in [2.24, 2.45) is 0 Å². The van der Waals surface area contributed by atoms with Gasteiger partial charge in [0.1, 0.15) is 4.90 Å². The number of pyridine rings is 1. The molecule has 21 heavy (non-hydrogen) atoms. The fraction of sp³-hybridized carbons (Fsp3) is 0.214. The molecular weight excluding hydrogens is 292 g/mol. The lowest BCUT2D eigenvalue weighted by molar-refractivity contribution is 0.256. The number of aromatic nitrogens is 1. The summed E-state index contributed by atoms with van der Waals surface area (Å²) >= 11 is 0. The van der Waals surface area contributed by atoms with Crippen LogP contribution in [0.5, 0.6) is 0 Å². The molecule has 0 spiro atoms. The predicted octanol–water partition coefficient (Wildman–Crippen LogP) is 0.257. The second-order valence-corrected chi connectivity index (χ2v) is 6.25. The van der Waals surface area contributed by atoms with Crippen LogP contribution >= 0.6 is 0 Å². The second kappa shape index (κ2) is 6.66. The minimum atomic E-state index is -3.98. The first-order valence-corrected chi connectivity index (χ1v) is 7.85. The summed E-state index contributed by atoms with van der Waals surface area (Å²) in [5.74, 6) is 0. The number of aliphatic hydroxyl groups excluding tert-OH is 1. The van der Waals surface area contributed by atoms with Gasteiger partial charge in [0.2, 0.25) is 15.5 Å². The summed E-state index contributed by atoms with van der Waals surface area (Å²) < 4.78 is 26.7. The van der Waals surface area contributed by atoms with E-state index < -0.39 is 21.5 Å². The first-order chi connectivity index (χ1) is 10.0. The van der Waals surface area contributed by atoms with Gasteiger partial charge in [-0.2, -0.15) is 0 Å². The van der Waals surface area contributed by atoms with E-state index in [0.29, 0.717) is 6.42 Å². The van der Waals surface area contributed by atoms with Crippen molar-refractivity contribution < 1.29 is 13.5 Å². The number of benzene rings is 1. The van der Waals surface area contributed by atoms with Crippen LogP contribution in [0.3, 0.4) is 0 Å². The quantitative estimate of drug-likeness (QED) is 0.712. The van der Waals surface area contributed by atoms with Gasteiger partial charge in [0.15, 0.2) is 0 Å². The van der Waals surface area contributed by atoms with Gasteiger partial charge < -0.3 is 10.1 Å². The summed E-state index contributed by atoms with van der Waals surface area (Å²) in [7, 11) is -3.98. The third kappa shape index (κ3) is 4.01. The first-order valence-electron chi connectivity index (χ1n) is 6.37. The summed E-state index contributed by atoms with van der Waals surface area (Å²) in [6, 6.07) is 9.64. The third-order valence-electron chi connectivity index (χ3n) is 2.94. The average Bonchev–Trinajstić information content (AvgIpc) is 2.47. The van der Waals surface area contributed by atoms with Crippen LogP contribution in [-0.4, -0.2) is 31.2 Å². The van der Waals surface area contributed by atoms with Crippen molar-refractivity contribution in [3.05, 3.63) is 64.6 Å². The summed E-state index contributed by atoms with van der Waals surface area (Å²) in [4.78, 5) is 13.8. The van der Waals surface area contributed by atoms with Gasteiger partial charge >= 0.3 is 0 Å². The Balaban J connectivity index is 2.18. The van der Waals surface area contributed by atoms with Gasteiger partial charge in [0.05, 0.1) is 6.61 Å². The van der Waals surface area contributed by atoms with Gasteiger partial charge in [-0.15, -0.1) is 0 Å². The van der Waals surface area contributed by atoms with Crippen LogP contribution in [-0.2, 0) is 16.4 Å². The minimum Gasteiger partial charge on any atom is -0.395 e. The van der Waals surface area contributed by atoms with Crippen molar-refractivity contribution in [1.82, 2.24) is 9.71 Å². The van der Waals surface area contributed by atoms with Crippen molar-refractivity contribution in [3.8, 4) is 0 Å². The fourth-order valence-electron chi connectivity index (χ4n) is 1.94. The van der Waals surface area contributed by atoms with E-state index in [1.807, 2.05) is 30.3 Å². The monoisotopic (exact) mass is 308 g/mol. The lowest BCUT2D eigenvalue weighted by Gasteiger charge is -2.16. The van der Waals surface area contributed by atoms with E-state index in [0.717, 1.165) is 17.8 Å². The normalized spacial score (nSPS) is 13.0. The van der Waals surface area contributed by atoms with E-state index in [-0.39, 0.29) is 11.5 Å². The topological polar surface area (TPSA) is 99.3 Å². The van der Waals surface area contributed by atoms with E-state index in [1.54, 1.807) is 0 Å². The molecule has 7 heteroatoms. The molecule has 0 aliphatic carbocycles. The molecule has 2 rings (SSSR count). The third-order valence-corrected chi connectivity index (χ3v) is 4.49. The predicted molar refractivity (Wildman–Crippen MR) is 78.4 cm³/mol. The Morgan fingerprint density at radius 2 is 1.90 bits per heavy atom. The van der Waals surface area contributed by atoms with Gasteiger partial charge in [0.25, 0.3) is 0 Å². The van der Waals surface area contributed by atoms with Crippen LogP contribution in [0.1, 0.15) is 5.56 Å². The number of aliphatic hydroxyl groups is 1. The summed E-state index contributed by atoms with van der Waals surface area (Å²) in [6.45, 7) is -0.362. The van der Waals surface area contributed by atoms with E-state index in [9.17, 15) is 18.3 Å². The molecule has 0 radical (unpaired) electrons. The molecule has 0 fully saturated rings. The zero-order valence-corrected chi connectivity index (χ0v) is 12.0. The number of hydrogen-bond acceptors (Lipinski definition) is 4. The van der Waals surface area contributed by atoms with E-state index in [1.165, 1.54) is 6.20 Å². The molecule has 1 aromatic carbocycles. The maximum absolute atomic E-state index is 12.2. The number of H-pyrrole nitrogens is 1. The average molecular weight is 308 g/mol. The Hall–Kier alpha value is -1.96. The number of sulfonamides is 1. The molecule has 3 N–H and O–H groups in total. The molecule has 0 bridgehead atoms. The standard InChI is InChI=1S/C14H16N2O4S/c17-10-12(8-11-4-2-1-3-5-11)16-21(19,20)14-9-15-7-6-13(14)18/h1-7,9,12,16-17H,8,10H2,(H,15,18)/t12-/m1/s1. The Labute approximate surface area is 122 Å². The van der Waals surface area contributed by atoms with E-state index in [4.69, 9.17) is 0 Å². The zero-order chi connectivity index (χ0) is 15.3. The highest BCUT2D eigenvalue weighted by atomic mass is 32.2. The molecular formula is C14H16N2O4S. The summed E-state index contributed by atoms with van der Waals surface area (Å²) in [5, 5.41) is 9.35. The number of nitrogens with one attached hydrogen (secondary N) is 2. The highest BCUT2D eigenvalue weighted by Gasteiger charge is 2.22. The second-order valence-electron chi connectivity index (χ2n) is 4.56. The van der Waals surface area contributed by atoms with Gasteiger partial charge in [-0.05, 0) is 12.0 Å². The molecule has 0 aliphatic heterocycles. The highest BCUT2D eigenvalue weighted by Crippen LogP contribution is 2.07. The van der Waals surface area contributed by atoms with Crippen molar-refractivity contribution in [1.29, 1.82) is 0 Å². The lowest BCUT2D eigenvalue weighted by atomic mass is 10.1. The molecule has 0 saturated heterocycles.